The summed E-state index contributed by atoms with van der Waals surface area (Å²) >= 11 is 1.88. The number of hydrogen-bond acceptors (Lipinski definition) is 2. The molecule has 0 saturated heterocycles. The lowest BCUT2D eigenvalue weighted by molar-refractivity contribution is 0.768. The second-order valence-electron chi connectivity index (χ2n) is 15.6. The van der Waals surface area contributed by atoms with E-state index in [1.807, 2.05) is 11.3 Å². The van der Waals surface area contributed by atoms with Gasteiger partial charge < -0.3 is 4.90 Å². The molecule has 1 aromatic heterocycles. The van der Waals surface area contributed by atoms with Gasteiger partial charge in [-0.25, -0.2) is 0 Å². The van der Waals surface area contributed by atoms with Crippen LogP contribution in [0.4, 0.5) is 17.1 Å². The number of fused-ring (bicyclic) bond motifs is 9. The van der Waals surface area contributed by atoms with Gasteiger partial charge in [0.1, 0.15) is 0 Å². The maximum absolute atomic E-state index is 2.48. The predicted molar refractivity (Wildman–Crippen MR) is 252 cm³/mol. The van der Waals surface area contributed by atoms with E-state index in [1.165, 1.54) is 86.2 Å². The van der Waals surface area contributed by atoms with E-state index in [9.17, 15) is 0 Å². The summed E-state index contributed by atoms with van der Waals surface area (Å²) in [5.41, 5.74) is 13.1. The lowest BCUT2D eigenvalue weighted by Crippen LogP contribution is -2.28. The van der Waals surface area contributed by atoms with Crippen molar-refractivity contribution in [1.29, 1.82) is 0 Å². The van der Waals surface area contributed by atoms with Crippen LogP contribution in [0.25, 0.3) is 64.0 Å². The Hall–Kier alpha value is -7.26. The summed E-state index contributed by atoms with van der Waals surface area (Å²) in [6.07, 6.45) is 0. The fourth-order valence-electron chi connectivity index (χ4n) is 9.99. The van der Waals surface area contributed by atoms with Crippen molar-refractivity contribution in [2.24, 2.45) is 0 Å². The quantitative estimate of drug-likeness (QED) is 0.152. The summed E-state index contributed by atoms with van der Waals surface area (Å²) in [7, 11) is 0. The highest BCUT2D eigenvalue weighted by molar-refractivity contribution is 7.26. The normalized spacial score (nSPS) is 12.9. The van der Waals surface area contributed by atoms with E-state index in [1.54, 1.807) is 0 Å². The lowest BCUT2D eigenvalue weighted by atomic mass is 9.68. The Morgan fingerprint density at radius 1 is 0.356 bits per heavy atom. The highest BCUT2D eigenvalue weighted by atomic mass is 32.1. The Bertz CT molecular complexity index is 3340. The molecule has 0 spiro atoms. The van der Waals surface area contributed by atoms with E-state index in [4.69, 9.17) is 0 Å². The van der Waals surface area contributed by atoms with Gasteiger partial charge in [0, 0.05) is 36.9 Å². The van der Waals surface area contributed by atoms with Crippen LogP contribution >= 0.6 is 11.3 Å². The van der Waals surface area contributed by atoms with Crippen molar-refractivity contribution in [3.8, 4) is 22.3 Å². The Kier molecular flexibility index (Phi) is 7.69. The molecule has 1 heterocycles. The summed E-state index contributed by atoms with van der Waals surface area (Å²) < 4.78 is 2.65. The molecule has 0 bridgehead atoms. The van der Waals surface area contributed by atoms with E-state index in [0.29, 0.717) is 0 Å². The number of thiophene rings is 1. The SMILES string of the molecule is c1ccc(C2(c3ccccc3)c3ccccc3-c3cc(N(c4ccc(-c5cccc6c5sc5ccccc56)cc4)c4cc5ccccc5c5ccccc45)ccc32)cc1. The zero-order valence-corrected chi connectivity index (χ0v) is 33.0. The number of hydrogen-bond donors (Lipinski definition) is 0. The van der Waals surface area contributed by atoms with E-state index < -0.39 is 5.41 Å². The molecular formula is C57H37NS. The average Bonchev–Trinajstić information content (AvgIpc) is 3.84. The molecule has 12 rings (SSSR count). The molecule has 0 fully saturated rings. The minimum Gasteiger partial charge on any atom is -0.310 e. The number of nitrogens with zero attached hydrogens (tertiary/aromatic N) is 1. The maximum Gasteiger partial charge on any atom is 0.0713 e. The zero-order chi connectivity index (χ0) is 38.9. The Balaban J connectivity index is 1.09. The maximum atomic E-state index is 2.48. The van der Waals surface area contributed by atoms with Crippen molar-refractivity contribution in [2.45, 2.75) is 5.41 Å². The Morgan fingerprint density at radius 2 is 0.932 bits per heavy atom. The number of rotatable bonds is 6. The van der Waals surface area contributed by atoms with Crippen molar-refractivity contribution in [3.63, 3.8) is 0 Å². The number of anilines is 3. The molecule has 0 unspecified atom stereocenters. The van der Waals surface area contributed by atoms with Gasteiger partial charge in [-0.1, -0.05) is 188 Å². The van der Waals surface area contributed by atoms with E-state index in [0.717, 1.165) is 17.1 Å². The minimum absolute atomic E-state index is 0.456. The molecule has 0 atom stereocenters. The van der Waals surface area contributed by atoms with Gasteiger partial charge in [-0.15, -0.1) is 11.3 Å². The van der Waals surface area contributed by atoms with Crippen molar-refractivity contribution >= 4 is 70.1 Å². The van der Waals surface area contributed by atoms with Crippen LogP contribution in [0.15, 0.2) is 224 Å². The van der Waals surface area contributed by atoms with Crippen LogP contribution in [-0.2, 0) is 5.41 Å². The lowest BCUT2D eigenvalue weighted by Gasteiger charge is -2.34. The van der Waals surface area contributed by atoms with E-state index in [2.05, 4.69) is 229 Å². The first-order valence-corrected chi connectivity index (χ1v) is 21.2. The molecule has 276 valence electrons. The van der Waals surface area contributed by atoms with Crippen LogP contribution in [0.3, 0.4) is 0 Å². The molecule has 0 amide bonds. The predicted octanol–water partition coefficient (Wildman–Crippen LogP) is 15.9. The zero-order valence-electron chi connectivity index (χ0n) is 32.2. The monoisotopic (exact) mass is 767 g/mol. The standard InChI is InChI=1S/C57H37NS/c1-3-17-40(18-4-1)57(41-19-5-2-6-20-41)52-28-13-11-23-47(52)51-37-43(34-35-53(51)57)58(54-36-39-16-7-8-21-44(39)46-22-9-10-24-48(46)54)42-32-30-38(31-33-42)45-26-15-27-50-49-25-12-14-29-55(49)59-56(45)50/h1-37H. The van der Waals surface area contributed by atoms with E-state index >= 15 is 0 Å². The molecule has 0 saturated carbocycles. The first-order chi connectivity index (χ1) is 29.3. The van der Waals surface area contributed by atoms with Crippen molar-refractivity contribution in [3.05, 3.63) is 247 Å². The first kappa shape index (κ1) is 33.8. The molecule has 10 aromatic carbocycles. The molecule has 59 heavy (non-hydrogen) atoms. The topological polar surface area (TPSA) is 3.24 Å². The van der Waals surface area contributed by atoms with Crippen LogP contribution in [0.5, 0.6) is 0 Å². The average molecular weight is 768 g/mol. The third-order valence-electron chi connectivity index (χ3n) is 12.5. The fourth-order valence-corrected chi connectivity index (χ4v) is 11.2. The van der Waals surface area contributed by atoms with Gasteiger partial charge in [-0.05, 0) is 97.1 Å². The van der Waals surface area contributed by atoms with E-state index in [-0.39, 0.29) is 0 Å². The number of benzene rings is 10. The van der Waals surface area contributed by atoms with Gasteiger partial charge in [0.25, 0.3) is 0 Å². The highest BCUT2D eigenvalue weighted by Crippen LogP contribution is 2.57. The highest BCUT2D eigenvalue weighted by Gasteiger charge is 2.46. The molecular weight excluding hydrogens is 731 g/mol. The molecule has 0 radical (unpaired) electrons. The molecule has 2 heteroatoms. The van der Waals surface area contributed by atoms with Gasteiger partial charge in [0.15, 0.2) is 0 Å². The summed E-state index contributed by atoms with van der Waals surface area (Å²) in [6.45, 7) is 0. The third-order valence-corrected chi connectivity index (χ3v) is 13.7. The van der Waals surface area contributed by atoms with Gasteiger partial charge in [-0.3, -0.25) is 0 Å². The summed E-state index contributed by atoms with van der Waals surface area (Å²) in [5.74, 6) is 0. The van der Waals surface area contributed by atoms with Crippen LogP contribution in [0, 0.1) is 0 Å². The summed E-state index contributed by atoms with van der Waals surface area (Å²) in [4.78, 5) is 2.48. The second kappa shape index (κ2) is 13.4. The van der Waals surface area contributed by atoms with Crippen LogP contribution in [-0.4, -0.2) is 0 Å². The first-order valence-electron chi connectivity index (χ1n) is 20.3. The molecule has 1 nitrogen and oxygen atoms in total. The van der Waals surface area contributed by atoms with Crippen LogP contribution in [0.2, 0.25) is 0 Å². The summed E-state index contributed by atoms with van der Waals surface area (Å²) in [6, 6.07) is 83.1. The van der Waals surface area contributed by atoms with Gasteiger partial charge in [-0.2, -0.15) is 0 Å². The van der Waals surface area contributed by atoms with Crippen molar-refractivity contribution in [1.82, 2.24) is 0 Å². The molecule has 0 aliphatic heterocycles. The molecule has 1 aliphatic carbocycles. The molecule has 1 aliphatic rings. The minimum atomic E-state index is -0.456. The molecule has 0 N–H and O–H groups in total. The van der Waals surface area contributed by atoms with Gasteiger partial charge in [0.2, 0.25) is 0 Å². The van der Waals surface area contributed by atoms with Gasteiger partial charge in [0.05, 0.1) is 11.1 Å². The van der Waals surface area contributed by atoms with Crippen molar-refractivity contribution < 1.29 is 0 Å². The van der Waals surface area contributed by atoms with Crippen LogP contribution in [0.1, 0.15) is 22.3 Å². The van der Waals surface area contributed by atoms with Gasteiger partial charge >= 0.3 is 0 Å². The van der Waals surface area contributed by atoms with Crippen LogP contribution < -0.4 is 4.90 Å². The third kappa shape index (κ3) is 5.10. The fraction of sp³-hybridized carbons (Fsp3) is 0.0175. The second-order valence-corrected chi connectivity index (χ2v) is 16.6. The largest absolute Gasteiger partial charge is 0.310 e. The Morgan fingerprint density at radius 3 is 1.71 bits per heavy atom. The smallest absolute Gasteiger partial charge is 0.0713 e. The Labute approximate surface area is 347 Å². The summed E-state index contributed by atoms with van der Waals surface area (Å²) in [5, 5.41) is 7.58. The molecule has 11 aromatic rings. The van der Waals surface area contributed by atoms with Crippen molar-refractivity contribution in [2.75, 3.05) is 4.90 Å².